The average Bonchev–Trinajstić information content (AvgIpc) is 3.57. The van der Waals surface area contributed by atoms with Crippen molar-refractivity contribution in [2.75, 3.05) is 13.1 Å². The Hall–Kier alpha value is -4.88. The molecule has 0 spiro atoms. The van der Waals surface area contributed by atoms with E-state index in [0.717, 1.165) is 11.1 Å². The van der Waals surface area contributed by atoms with E-state index in [1.165, 1.54) is 12.5 Å². The zero-order chi connectivity index (χ0) is 32.4. The predicted molar refractivity (Wildman–Crippen MR) is 168 cm³/mol. The predicted octanol–water partition coefficient (Wildman–Crippen LogP) is -0.337. The normalized spacial score (nSPS) is 13.5. The van der Waals surface area contributed by atoms with E-state index in [1.807, 2.05) is 60.7 Å². The molecule has 45 heavy (non-hydrogen) atoms. The molecule has 0 saturated carbocycles. The van der Waals surface area contributed by atoms with Crippen LogP contribution in [0.5, 0.6) is 0 Å². The number of carbonyl (C=O) groups is 5. The number of unbranched alkanes of at least 4 members (excludes halogenated alkanes) is 1. The zero-order valence-electron chi connectivity index (χ0n) is 25.1. The molecule has 3 aromatic rings. The number of nitrogens with one attached hydrogen (secondary N) is 5. The van der Waals surface area contributed by atoms with Crippen molar-refractivity contribution in [1.82, 2.24) is 31.2 Å². The molecule has 13 heteroatoms. The second-order valence-corrected chi connectivity index (χ2v) is 10.6. The van der Waals surface area contributed by atoms with Crippen LogP contribution in [0.25, 0.3) is 0 Å². The molecule has 0 saturated heterocycles. The number of aromatic nitrogens is 2. The summed E-state index contributed by atoms with van der Waals surface area (Å²) >= 11 is 0. The molecule has 1 heterocycles. The van der Waals surface area contributed by atoms with Gasteiger partial charge in [0.15, 0.2) is 0 Å². The molecule has 2 aromatic carbocycles. The Morgan fingerprint density at radius 3 is 1.89 bits per heavy atom. The number of imidazole rings is 1. The average molecular weight is 619 g/mol. The molecule has 13 nitrogen and oxygen atoms in total. The highest BCUT2D eigenvalue weighted by atomic mass is 16.2. The third kappa shape index (κ3) is 12.0. The van der Waals surface area contributed by atoms with Crippen LogP contribution >= 0.6 is 0 Å². The van der Waals surface area contributed by atoms with Crippen molar-refractivity contribution in [2.24, 2.45) is 11.5 Å². The Morgan fingerprint density at radius 1 is 0.733 bits per heavy atom. The maximum absolute atomic E-state index is 13.7. The Morgan fingerprint density at radius 2 is 1.31 bits per heavy atom. The van der Waals surface area contributed by atoms with E-state index in [0.29, 0.717) is 31.4 Å². The molecule has 240 valence electrons. The van der Waals surface area contributed by atoms with Gasteiger partial charge in [-0.3, -0.25) is 19.2 Å². The van der Waals surface area contributed by atoms with Crippen LogP contribution in [0.1, 0.15) is 36.1 Å². The second kappa shape index (κ2) is 18.7. The van der Waals surface area contributed by atoms with Gasteiger partial charge in [-0.15, -0.1) is 0 Å². The highest BCUT2D eigenvalue weighted by Gasteiger charge is 2.30. The van der Waals surface area contributed by atoms with Gasteiger partial charge in [0.05, 0.1) is 18.9 Å². The Bertz CT molecular complexity index is 1350. The highest BCUT2D eigenvalue weighted by Crippen LogP contribution is 2.09. The molecule has 1 aromatic heterocycles. The van der Waals surface area contributed by atoms with Gasteiger partial charge in [-0.1, -0.05) is 60.7 Å². The molecule has 4 atom stereocenters. The van der Waals surface area contributed by atoms with Crippen LogP contribution in [0.2, 0.25) is 0 Å². The summed E-state index contributed by atoms with van der Waals surface area (Å²) in [5, 5.41) is 10.9. The first-order valence-corrected chi connectivity index (χ1v) is 14.9. The van der Waals surface area contributed by atoms with E-state index in [-0.39, 0.29) is 32.2 Å². The van der Waals surface area contributed by atoms with Crippen LogP contribution in [0.15, 0.2) is 73.2 Å². The quantitative estimate of drug-likeness (QED) is 0.0696. The molecule has 0 aliphatic rings. The van der Waals surface area contributed by atoms with E-state index in [1.54, 1.807) is 0 Å². The molecule has 4 amide bonds. The number of nitrogens with two attached hydrogens (primary N) is 2. The van der Waals surface area contributed by atoms with E-state index >= 15 is 0 Å². The number of hydrogen-bond donors (Lipinski definition) is 7. The lowest BCUT2D eigenvalue weighted by Crippen LogP contribution is -2.58. The van der Waals surface area contributed by atoms with Gasteiger partial charge in [0.1, 0.15) is 24.4 Å². The molecule has 3 rings (SSSR count). The van der Waals surface area contributed by atoms with Crippen molar-refractivity contribution < 1.29 is 24.0 Å². The third-order valence-corrected chi connectivity index (χ3v) is 7.10. The van der Waals surface area contributed by atoms with E-state index < -0.39 is 47.8 Å². The third-order valence-electron chi connectivity index (χ3n) is 7.10. The van der Waals surface area contributed by atoms with Gasteiger partial charge in [-0.05, 0) is 43.4 Å². The lowest BCUT2D eigenvalue weighted by atomic mass is 10.0. The van der Waals surface area contributed by atoms with Gasteiger partial charge in [-0.2, -0.15) is 0 Å². The van der Waals surface area contributed by atoms with Gasteiger partial charge >= 0.3 is 0 Å². The summed E-state index contributed by atoms with van der Waals surface area (Å²) in [6, 6.07) is 14.4. The van der Waals surface area contributed by atoms with Crippen molar-refractivity contribution in [3.63, 3.8) is 0 Å². The standard InChI is InChI=1S/C32H42N8O5/c33-14-8-7-13-26(39-32(45)28(38-29(42)18-34)17-24-19-35-21-36-24)30(43)40-27(16-23-11-5-2-6-12-23)31(44)37-25(20-41)15-22-9-3-1-4-10-22/h1-6,9-12,19-21,25-28H,7-8,13-18,33-34H2,(H,35,36)(H,37,44)(H,38,42)(H,39,45)(H,40,43). The fourth-order valence-corrected chi connectivity index (χ4v) is 4.73. The van der Waals surface area contributed by atoms with Crippen LogP contribution in [-0.4, -0.2) is 77.1 Å². The summed E-state index contributed by atoms with van der Waals surface area (Å²) in [6.07, 6.45) is 5.52. The molecule has 4 unspecified atom stereocenters. The summed E-state index contributed by atoms with van der Waals surface area (Å²) in [5.41, 5.74) is 13.4. The SMILES string of the molecule is NCCCCC(NC(=O)C(Cc1cnc[nH]1)NC(=O)CN)C(=O)NC(Cc1ccccc1)C(=O)NC(C=O)Cc1ccccc1. The molecular weight excluding hydrogens is 576 g/mol. The molecule has 0 fully saturated rings. The summed E-state index contributed by atoms with van der Waals surface area (Å²) in [5.74, 6) is -2.28. The maximum Gasteiger partial charge on any atom is 0.243 e. The van der Waals surface area contributed by atoms with E-state index in [9.17, 15) is 24.0 Å². The summed E-state index contributed by atoms with van der Waals surface area (Å²) < 4.78 is 0. The summed E-state index contributed by atoms with van der Waals surface area (Å²) in [4.78, 5) is 71.5. The lowest BCUT2D eigenvalue weighted by Gasteiger charge is -2.26. The fourth-order valence-electron chi connectivity index (χ4n) is 4.73. The highest BCUT2D eigenvalue weighted by molar-refractivity contribution is 5.95. The number of nitrogens with zero attached hydrogens (tertiary/aromatic N) is 1. The molecule has 0 aliphatic heterocycles. The maximum atomic E-state index is 13.7. The number of aldehydes is 1. The number of amides is 4. The number of H-pyrrole nitrogens is 1. The fraction of sp³-hybridized carbons (Fsp3) is 0.375. The molecular formula is C32H42N8O5. The summed E-state index contributed by atoms with van der Waals surface area (Å²) in [6.45, 7) is 0.0698. The first-order valence-electron chi connectivity index (χ1n) is 14.9. The van der Waals surface area contributed by atoms with Crippen LogP contribution in [-0.2, 0) is 43.2 Å². The number of carbonyl (C=O) groups excluding carboxylic acids is 5. The minimum absolute atomic E-state index is 0.0856. The molecule has 0 radical (unpaired) electrons. The zero-order valence-corrected chi connectivity index (χ0v) is 25.1. The number of rotatable bonds is 19. The largest absolute Gasteiger partial charge is 0.348 e. The Labute approximate surface area is 262 Å². The molecule has 0 aliphatic carbocycles. The van der Waals surface area contributed by atoms with E-state index in [4.69, 9.17) is 11.5 Å². The van der Waals surface area contributed by atoms with Crippen molar-refractivity contribution in [3.8, 4) is 0 Å². The number of benzene rings is 2. The topological polar surface area (TPSA) is 214 Å². The Kier molecular flexibility index (Phi) is 14.4. The van der Waals surface area contributed by atoms with Crippen LogP contribution in [0.4, 0.5) is 0 Å². The van der Waals surface area contributed by atoms with Gasteiger partial charge in [0.25, 0.3) is 0 Å². The van der Waals surface area contributed by atoms with Crippen LogP contribution in [0, 0.1) is 0 Å². The number of hydrogen-bond acceptors (Lipinski definition) is 8. The van der Waals surface area contributed by atoms with Crippen molar-refractivity contribution in [1.29, 1.82) is 0 Å². The Balaban J connectivity index is 1.79. The minimum atomic E-state index is -1.05. The van der Waals surface area contributed by atoms with Gasteiger partial charge in [0.2, 0.25) is 23.6 Å². The first kappa shape index (κ1) is 34.6. The van der Waals surface area contributed by atoms with Gasteiger partial charge < -0.3 is 42.5 Å². The number of aromatic amines is 1. The van der Waals surface area contributed by atoms with E-state index in [2.05, 4.69) is 31.2 Å². The minimum Gasteiger partial charge on any atom is -0.348 e. The van der Waals surface area contributed by atoms with Gasteiger partial charge in [0, 0.05) is 24.7 Å². The lowest BCUT2D eigenvalue weighted by molar-refractivity contribution is -0.134. The van der Waals surface area contributed by atoms with Crippen molar-refractivity contribution in [2.45, 2.75) is 62.7 Å². The van der Waals surface area contributed by atoms with Crippen molar-refractivity contribution in [3.05, 3.63) is 90.0 Å². The molecule has 9 N–H and O–H groups in total. The molecule has 0 bridgehead atoms. The van der Waals surface area contributed by atoms with Crippen molar-refractivity contribution >= 4 is 29.9 Å². The first-order chi connectivity index (χ1) is 21.8. The van der Waals surface area contributed by atoms with Gasteiger partial charge in [-0.25, -0.2) is 4.98 Å². The summed E-state index contributed by atoms with van der Waals surface area (Å²) in [7, 11) is 0. The van der Waals surface area contributed by atoms with Crippen LogP contribution < -0.4 is 32.7 Å². The smallest absolute Gasteiger partial charge is 0.243 e. The van der Waals surface area contributed by atoms with Crippen LogP contribution in [0.3, 0.4) is 0 Å². The second-order valence-electron chi connectivity index (χ2n) is 10.6. The monoisotopic (exact) mass is 618 g/mol.